The summed E-state index contributed by atoms with van der Waals surface area (Å²) in [4.78, 5) is 20.7. The number of aromatic nitrogens is 3. The van der Waals surface area contributed by atoms with E-state index in [9.17, 15) is 9.90 Å². The standard InChI is InChI=1S/C28H31N5O2/c1-21-27(24-11-5-7-22(19-24)8-6-17-34)28-29-25(23-9-3-2-4-10-23)20-26(33(28)30-21)32-14-12-31(13-15-32)16-18-35/h2-5,7,9-11,17,19-20,35H,6,8,12-16,18H2,1H3. The highest BCUT2D eigenvalue weighted by atomic mass is 16.3. The lowest BCUT2D eigenvalue weighted by atomic mass is 10.0. The van der Waals surface area contributed by atoms with Crippen molar-refractivity contribution in [1.29, 1.82) is 0 Å². The molecule has 7 nitrogen and oxygen atoms in total. The maximum absolute atomic E-state index is 10.9. The number of piperazine rings is 1. The van der Waals surface area contributed by atoms with Gasteiger partial charge < -0.3 is 14.8 Å². The summed E-state index contributed by atoms with van der Waals surface area (Å²) in [6, 6.07) is 20.8. The molecule has 7 heteroatoms. The van der Waals surface area contributed by atoms with E-state index in [0.29, 0.717) is 13.0 Å². The van der Waals surface area contributed by atoms with Crippen molar-refractivity contribution in [3.63, 3.8) is 0 Å². The predicted molar refractivity (Wildman–Crippen MR) is 139 cm³/mol. The second-order valence-corrected chi connectivity index (χ2v) is 9.02. The number of rotatable bonds is 8. The number of anilines is 1. The van der Waals surface area contributed by atoms with E-state index >= 15 is 0 Å². The van der Waals surface area contributed by atoms with E-state index in [1.54, 1.807) is 0 Å². The van der Waals surface area contributed by atoms with Gasteiger partial charge in [0, 0.05) is 56.3 Å². The van der Waals surface area contributed by atoms with E-state index in [2.05, 4.69) is 46.2 Å². The van der Waals surface area contributed by atoms with Crippen LogP contribution in [0.15, 0.2) is 60.7 Å². The summed E-state index contributed by atoms with van der Waals surface area (Å²) in [5.41, 5.74) is 6.98. The molecule has 3 heterocycles. The van der Waals surface area contributed by atoms with Crippen molar-refractivity contribution in [1.82, 2.24) is 19.5 Å². The van der Waals surface area contributed by atoms with Crippen molar-refractivity contribution < 1.29 is 9.90 Å². The Labute approximate surface area is 205 Å². The number of carbonyl (C=O) groups excluding carboxylic acids is 1. The number of aldehydes is 1. The SMILES string of the molecule is Cc1nn2c(N3CCN(CCO)CC3)cc(-c3ccccc3)nc2c1-c1cccc(CCC=O)c1. The molecule has 2 aromatic heterocycles. The maximum atomic E-state index is 10.9. The molecule has 35 heavy (non-hydrogen) atoms. The molecule has 0 saturated carbocycles. The molecule has 0 radical (unpaired) electrons. The minimum absolute atomic E-state index is 0.186. The zero-order valence-corrected chi connectivity index (χ0v) is 20.1. The largest absolute Gasteiger partial charge is 0.395 e. The van der Waals surface area contributed by atoms with Crippen molar-refractivity contribution >= 4 is 17.8 Å². The van der Waals surface area contributed by atoms with Crippen LogP contribution in [0.4, 0.5) is 5.82 Å². The van der Waals surface area contributed by atoms with Gasteiger partial charge in [-0.15, -0.1) is 0 Å². The highest BCUT2D eigenvalue weighted by molar-refractivity contribution is 5.83. The van der Waals surface area contributed by atoms with Gasteiger partial charge >= 0.3 is 0 Å². The highest BCUT2D eigenvalue weighted by Crippen LogP contribution is 2.33. The van der Waals surface area contributed by atoms with E-state index in [4.69, 9.17) is 10.1 Å². The van der Waals surface area contributed by atoms with Crippen LogP contribution in [-0.2, 0) is 11.2 Å². The number of aliphatic hydroxyl groups is 1. The molecule has 0 aliphatic carbocycles. The van der Waals surface area contributed by atoms with Crippen LogP contribution in [0.1, 0.15) is 17.7 Å². The number of aryl methyl sites for hydroxylation is 2. The van der Waals surface area contributed by atoms with E-state index < -0.39 is 0 Å². The molecular weight excluding hydrogens is 438 g/mol. The molecule has 0 atom stereocenters. The average Bonchev–Trinajstić information content (AvgIpc) is 3.24. The number of fused-ring (bicyclic) bond motifs is 1. The van der Waals surface area contributed by atoms with Crippen LogP contribution in [0, 0.1) is 6.92 Å². The van der Waals surface area contributed by atoms with E-state index in [0.717, 1.165) is 84.0 Å². The summed E-state index contributed by atoms with van der Waals surface area (Å²) in [5.74, 6) is 1.03. The lowest BCUT2D eigenvalue weighted by molar-refractivity contribution is -0.107. The Morgan fingerprint density at radius 3 is 2.49 bits per heavy atom. The first-order valence-electron chi connectivity index (χ1n) is 12.2. The fraction of sp³-hybridized carbons (Fsp3) is 0.321. The Hall–Kier alpha value is -3.55. The van der Waals surface area contributed by atoms with Gasteiger partial charge in [0.2, 0.25) is 0 Å². The third kappa shape index (κ3) is 4.83. The Bertz CT molecular complexity index is 1310. The van der Waals surface area contributed by atoms with Crippen LogP contribution in [0.3, 0.4) is 0 Å². The van der Waals surface area contributed by atoms with Crippen molar-refractivity contribution in [2.75, 3.05) is 44.2 Å². The van der Waals surface area contributed by atoms with E-state index in [-0.39, 0.29) is 6.61 Å². The minimum Gasteiger partial charge on any atom is -0.395 e. The summed E-state index contributed by atoms with van der Waals surface area (Å²) in [7, 11) is 0. The molecule has 0 bridgehead atoms. The molecule has 1 N–H and O–H groups in total. The van der Waals surface area contributed by atoms with Gasteiger partial charge in [0.1, 0.15) is 12.1 Å². The molecule has 180 valence electrons. The second kappa shape index (κ2) is 10.4. The van der Waals surface area contributed by atoms with Gasteiger partial charge in [-0.05, 0) is 24.5 Å². The first-order chi connectivity index (χ1) is 17.2. The maximum Gasteiger partial charge on any atom is 0.166 e. The molecule has 5 rings (SSSR count). The number of benzene rings is 2. The predicted octanol–water partition coefficient (Wildman–Crippen LogP) is 3.62. The van der Waals surface area contributed by atoms with Gasteiger partial charge in [-0.3, -0.25) is 4.90 Å². The van der Waals surface area contributed by atoms with Gasteiger partial charge in [0.15, 0.2) is 5.65 Å². The molecule has 0 amide bonds. The first kappa shape index (κ1) is 23.2. The Kier molecular flexibility index (Phi) is 6.88. The third-order valence-electron chi connectivity index (χ3n) is 6.69. The number of β-amino-alcohol motifs (C(OH)–C–C–N with tert-alkyl or cyclic N) is 1. The lowest BCUT2D eigenvalue weighted by Crippen LogP contribution is -2.47. The van der Waals surface area contributed by atoms with Gasteiger partial charge in [-0.25, -0.2) is 4.98 Å². The smallest absolute Gasteiger partial charge is 0.166 e. The molecule has 1 saturated heterocycles. The lowest BCUT2D eigenvalue weighted by Gasteiger charge is -2.35. The zero-order chi connectivity index (χ0) is 24.2. The number of hydrogen-bond donors (Lipinski definition) is 1. The minimum atomic E-state index is 0.186. The molecule has 2 aromatic carbocycles. The molecule has 1 aliphatic heterocycles. The summed E-state index contributed by atoms with van der Waals surface area (Å²) in [6.07, 6.45) is 2.20. The van der Waals surface area contributed by atoms with Gasteiger partial charge in [0.05, 0.1) is 18.0 Å². The van der Waals surface area contributed by atoms with Crippen LogP contribution in [0.5, 0.6) is 0 Å². The third-order valence-corrected chi connectivity index (χ3v) is 6.69. The van der Waals surface area contributed by atoms with Crippen LogP contribution in [-0.4, -0.2) is 70.2 Å². The monoisotopic (exact) mass is 469 g/mol. The molecule has 1 aliphatic rings. The number of nitrogens with zero attached hydrogens (tertiary/aromatic N) is 5. The Morgan fingerprint density at radius 2 is 1.74 bits per heavy atom. The van der Waals surface area contributed by atoms with Crippen molar-refractivity contribution in [2.45, 2.75) is 19.8 Å². The first-order valence-corrected chi connectivity index (χ1v) is 12.2. The molecule has 0 unspecified atom stereocenters. The van der Waals surface area contributed by atoms with Crippen LogP contribution in [0.2, 0.25) is 0 Å². The van der Waals surface area contributed by atoms with Crippen molar-refractivity contribution in [3.05, 3.63) is 71.9 Å². The quantitative estimate of drug-likeness (QED) is 0.398. The molecule has 0 spiro atoms. The van der Waals surface area contributed by atoms with E-state index in [1.165, 1.54) is 0 Å². The van der Waals surface area contributed by atoms with Gasteiger partial charge in [-0.1, -0.05) is 54.6 Å². The Morgan fingerprint density at radius 1 is 0.971 bits per heavy atom. The molecule has 4 aromatic rings. The summed E-state index contributed by atoms with van der Waals surface area (Å²) < 4.78 is 1.98. The summed E-state index contributed by atoms with van der Waals surface area (Å²) in [6.45, 7) is 6.46. The van der Waals surface area contributed by atoms with Crippen LogP contribution in [0.25, 0.3) is 28.0 Å². The number of hydrogen-bond acceptors (Lipinski definition) is 6. The van der Waals surface area contributed by atoms with Crippen LogP contribution < -0.4 is 4.90 Å². The number of aliphatic hydroxyl groups excluding tert-OH is 1. The van der Waals surface area contributed by atoms with Crippen molar-refractivity contribution in [3.8, 4) is 22.4 Å². The molecule has 1 fully saturated rings. The normalized spacial score (nSPS) is 14.5. The van der Waals surface area contributed by atoms with Gasteiger partial charge in [0.25, 0.3) is 0 Å². The van der Waals surface area contributed by atoms with Crippen LogP contribution >= 0.6 is 0 Å². The second-order valence-electron chi connectivity index (χ2n) is 9.02. The average molecular weight is 470 g/mol. The number of carbonyl (C=O) groups is 1. The van der Waals surface area contributed by atoms with Crippen molar-refractivity contribution in [2.24, 2.45) is 0 Å². The fourth-order valence-corrected chi connectivity index (χ4v) is 4.88. The van der Waals surface area contributed by atoms with Gasteiger partial charge in [-0.2, -0.15) is 9.61 Å². The highest BCUT2D eigenvalue weighted by Gasteiger charge is 2.23. The Balaban J connectivity index is 1.63. The fourth-order valence-electron chi connectivity index (χ4n) is 4.88. The molecular formula is C28H31N5O2. The topological polar surface area (TPSA) is 74.0 Å². The van der Waals surface area contributed by atoms with E-state index in [1.807, 2.05) is 35.7 Å². The summed E-state index contributed by atoms with van der Waals surface area (Å²) >= 11 is 0. The summed E-state index contributed by atoms with van der Waals surface area (Å²) in [5, 5.41) is 14.3. The zero-order valence-electron chi connectivity index (χ0n) is 20.1.